The Morgan fingerprint density at radius 3 is 1.48 bits per heavy atom. The Kier molecular flexibility index (Phi) is 10.3. The highest BCUT2D eigenvalue weighted by molar-refractivity contribution is 5.87. The van der Waals surface area contributed by atoms with Gasteiger partial charge in [-0.1, -0.05) is 70.1 Å². The van der Waals surface area contributed by atoms with Gasteiger partial charge in [-0.25, -0.2) is 4.98 Å². The summed E-state index contributed by atoms with van der Waals surface area (Å²) in [6, 6.07) is 12.7. The van der Waals surface area contributed by atoms with Crippen molar-refractivity contribution in [1.29, 1.82) is 0 Å². The molecule has 4 aliphatic carbocycles. The highest BCUT2D eigenvalue weighted by Crippen LogP contribution is 2.45. The molecule has 46 heavy (non-hydrogen) atoms. The second-order valence-corrected chi connectivity index (χ2v) is 15.8. The third kappa shape index (κ3) is 7.31. The van der Waals surface area contributed by atoms with E-state index in [1.807, 2.05) is 0 Å². The Bertz CT molecular complexity index is 1300. The zero-order chi connectivity index (χ0) is 31.5. The summed E-state index contributed by atoms with van der Waals surface area (Å²) in [6.45, 7) is 6.85. The van der Waals surface area contributed by atoms with Crippen molar-refractivity contribution in [2.75, 3.05) is 0 Å². The Labute approximate surface area is 278 Å². The standard InChI is InChI=1S/C42H59NO3/c1-4-29-8-14-31(15-9-29)33-18-22-36(23-19-33)44-38-26-27-39(41-40(38)43-42(46-41)35-12-6-28(3)7-13-35)45-37-24-20-34(21-25-37)32-16-10-30(5-2)11-17-32/h6-7,12-13,26-27,29-34,36-37H,4-5,8-11,14-25H2,1-3H3. The molecule has 3 aromatic rings. The third-order valence-corrected chi connectivity index (χ3v) is 13.1. The maximum atomic E-state index is 6.77. The average molecular weight is 626 g/mol. The van der Waals surface area contributed by atoms with Gasteiger partial charge in [-0.15, -0.1) is 0 Å². The van der Waals surface area contributed by atoms with Crippen LogP contribution in [-0.4, -0.2) is 17.2 Å². The van der Waals surface area contributed by atoms with Crippen LogP contribution in [0.15, 0.2) is 40.8 Å². The molecule has 0 N–H and O–H groups in total. The lowest BCUT2D eigenvalue weighted by Gasteiger charge is -2.38. The first-order valence-electron chi connectivity index (χ1n) is 19.4. The van der Waals surface area contributed by atoms with Gasteiger partial charge < -0.3 is 13.9 Å². The summed E-state index contributed by atoms with van der Waals surface area (Å²) >= 11 is 0. The molecule has 4 aliphatic rings. The van der Waals surface area contributed by atoms with E-state index in [-0.39, 0.29) is 12.2 Å². The molecule has 2 aromatic carbocycles. The second-order valence-electron chi connectivity index (χ2n) is 15.8. The molecular weight excluding hydrogens is 566 g/mol. The number of aryl methyl sites for hydroxylation is 1. The minimum atomic E-state index is 0.244. The molecule has 4 heteroatoms. The van der Waals surface area contributed by atoms with Crippen molar-refractivity contribution in [1.82, 2.24) is 4.98 Å². The Balaban J connectivity index is 1.03. The summed E-state index contributed by atoms with van der Waals surface area (Å²) in [6.07, 6.45) is 24.5. The Hall–Kier alpha value is -2.49. The van der Waals surface area contributed by atoms with Crippen molar-refractivity contribution in [3.8, 4) is 23.0 Å². The monoisotopic (exact) mass is 625 g/mol. The number of aromatic nitrogens is 1. The van der Waals surface area contributed by atoms with Gasteiger partial charge in [-0.3, -0.25) is 0 Å². The smallest absolute Gasteiger partial charge is 0.227 e. The highest BCUT2D eigenvalue weighted by Gasteiger charge is 2.33. The van der Waals surface area contributed by atoms with Crippen molar-refractivity contribution in [3.05, 3.63) is 42.0 Å². The lowest BCUT2D eigenvalue weighted by atomic mass is 9.70. The number of fused-ring (bicyclic) bond motifs is 1. The predicted octanol–water partition coefficient (Wildman–Crippen LogP) is 12.1. The van der Waals surface area contributed by atoms with Crippen molar-refractivity contribution < 1.29 is 13.9 Å². The van der Waals surface area contributed by atoms with Crippen LogP contribution < -0.4 is 9.47 Å². The predicted molar refractivity (Wildman–Crippen MR) is 188 cm³/mol. The van der Waals surface area contributed by atoms with Crippen LogP contribution in [0.5, 0.6) is 11.5 Å². The first-order valence-corrected chi connectivity index (χ1v) is 19.4. The first-order chi connectivity index (χ1) is 22.6. The van der Waals surface area contributed by atoms with Gasteiger partial charge in [0.05, 0.1) is 12.2 Å². The van der Waals surface area contributed by atoms with Crippen LogP contribution in [0.25, 0.3) is 22.6 Å². The molecule has 0 amide bonds. The van der Waals surface area contributed by atoms with Crippen LogP contribution in [0.1, 0.15) is 135 Å². The molecule has 0 spiro atoms. The SMILES string of the molecule is CCC1CCC(C2CCC(Oc3ccc(OC4CCC(C5CCC(CC)CC5)CC4)c4oc(-c5ccc(C)cc5)nc34)CC2)CC1. The number of rotatable bonds is 9. The van der Waals surface area contributed by atoms with Gasteiger partial charge in [-0.2, -0.15) is 0 Å². The van der Waals surface area contributed by atoms with Crippen LogP contribution in [0.2, 0.25) is 0 Å². The molecule has 1 aromatic heterocycles. The summed E-state index contributed by atoms with van der Waals surface area (Å²) in [5.41, 5.74) is 3.79. The van der Waals surface area contributed by atoms with E-state index in [1.165, 1.54) is 95.5 Å². The Morgan fingerprint density at radius 1 is 0.565 bits per heavy atom. The largest absolute Gasteiger partial charge is 0.488 e. The average Bonchev–Trinajstić information content (AvgIpc) is 3.57. The number of ether oxygens (including phenoxy) is 2. The molecule has 0 bridgehead atoms. The zero-order valence-corrected chi connectivity index (χ0v) is 29.0. The van der Waals surface area contributed by atoms with Crippen molar-refractivity contribution in [3.63, 3.8) is 0 Å². The number of hydrogen-bond donors (Lipinski definition) is 0. The molecule has 0 saturated heterocycles. The van der Waals surface area contributed by atoms with E-state index in [0.29, 0.717) is 5.89 Å². The van der Waals surface area contributed by atoms with E-state index in [1.54, 1.807) is 0 Å². The van der Waals surface area contributed by atoms with Gasteiger partial charge in [-0.05, 0) is 144 Å². The van der Waals surface area contributed by atoms with E-state index < -0.39 is 0 Å². The number of oxazole rings is 1. The third-order valence-electron chi connectivity index (χ3n) is 13.1. The molecule has 4 saturated carbocycles. The Morgan fingerprint density at radius 2 is 1.00 bits per heavy atom. The van der Waals surface area contributed by atoms with Gasteiger partial charge in [0.1, 0.15) is 5.75 Å². The van der Waals surface area contributed by atoms with Crippen LogP contribution in [0.4, 0.5) is 0 Å². The van der Waals surface area contributed by atoms with E-state index in [2.05, 4.69) is 57.2 Å². The van der Waals surface area contributed by atoms with E-state index in [0.717, 1.165) is 89.4 Å². The fourth-order valence-electron chi connectivity index (χ4n) is 9.82. The van der Waals surface area contributed by atoms with Crippen molar-refractivity contribution in [2.24, 2.45) is 35.5 Å². The van der Waals surface area contributed by atoms with Gasteiger partial charge in [0.2, 0.25) is 11.5 Å². The molecule has 4 nitrogen and oxygen atoms in total. The number of benzene rings is 2. The van der Waals surface area contributed by atoms with E-state index in [4.69, 9.17) is 18.9 Å². The quantitative estimate of drug-likeness (QED) is 0.237. The van der Waals surface area contributed by atoms with Crippen molar-refractivity contribution >= 4 is 11.1 Å². The topological polar surface area (TPSA) is 44.5 Å². The molecule has 0 unspecified atom stereocenters. The van der Waals surface area contributed by atoms with Gasteiger partial charge in [0, 0.05) is 5.56 Å². The summed E-state index contributed by atoms with van der Waals surface area (Å²) in [5, 5.41) is 0. The lowest BCUT2D eigenvalue weighted by molar-refractivity contribution is 0.0905. The summed E-state index contributed by atoms with van der Waals surface area (Å²) in [7, 11) is 0. The van der Waals surface area contributed by atoms with E-state index in [9.17, 15) is 0 Å². The van der Waals surface area contributed by atoms with Crippen LogP contribution >= 0.6 is 0 Å². The minimum Gasteiger partial charge on any atom is -0.488 e. The summed E-state index contributed by atoms with van der Waals surface area (Å²) < 4.78 is 20.1. The zero-order valence-electron chi connectivity index (χ0n) is 29.0. The van der Waals surface area contributed by atoms with Crippen LogP contribution in [0, 0.1) is 42.4 Å². The molecule has 0 aliphatic heterocycles. The normalized spacial score (nSPS) is 32.3. The molecular formula is C42H59NO3. The van der Waals surface area contributed by atoms with Gasteiger partial charge in [0.25, 0.3) is 0 Å². The fourth-order valence-corrected chi connectivity index (χ4v) is 9.82. The highest BCUT2D eigenvalue weighted by atomic mass is 16.5. The van der Waals surface area contributed by atoms with Gasteiger partial charge >= 0.3 is 0 Å². The molecule has 7 rings (SSSR count). The molecule has 0 radical (unpaired) electrons. The maximum Gasteiger partial charge on any atom is 0.227 e. The van der Waals surface area contributed by atoms with Crippen LogP contribution in [0.3, 0.4) is 0 Å². The number of hydrogen-bond acceptors (Lipinski definition) is 4. The summed E-state index contributed by atoms with van der Waals surface area (Å²) in [4.78, 5) is 5.05. The van der Waals surface area contributed by atoms with Crippen LogP contribution in [-0.2, 0) is 0 Å². The fraction of sp³-hybridized carbons (Fsp3) is 0.690. The second kappa shape index (κ2) is 14.7. The molecule has 250 valence electrons. The number of nitrogens with zero attached hydrogens (tertiary/aromatic N) is 1. The molecule has 0 atom stereocenters. The molecule has 4 fully saturated rings. The first kappa shape index (κ1) is 32.1. The minimum absolute atomic E-state index is 0.244. The lowest BCUT2D eigenvalue weighted by Crippen LogP contribution is -2.30. The molecule has 1 heterocycles. The van der Waals surface area contributed by atoms with E-state index >= 15 is 0 Å². The maximum absolute atomic E-state index is 6.77. The summed E-state index contributed by atoms with van der Waals surface area (Å²) in [5.74, 6) is 7.91. The van der Waals surface area contributed by atoms with Gasteiger partial charge in [0.15, 0.2) is 11.3 Å². The van der Waals surface area contributed by atoms with Crippen molar-refractivity contribution in [2.45, 2.75) is 149 Å².